The average Bonchev–Trinajstić information content (AvgIpc) is 2.37. The number of allylic oxidation sites excluding steroid dienone is 2. The summed E-state index contributed by atoms with van der Waals surface area (Å²) in [5, 5.41) is 4.85. The Hall–Kier alpha value is 0.629. The first-order valence-electron chi connectivity index (χ1n) is 4.15. The molecule has 1 heterocycles. The molecule has 2 heteroatoms. The molecule has 1 unspecified atom stereocenters. The Kier molecular flexibility index (Phi) is 4.69. The topological polar surface area (TPSA) is 0 Å². The molecule has 0 saturated heterocycles. The Bertz CT molecular complexity index is 172. The maximum absolute atomic E-state index is 2.45. The van der Waals surface area contributed by atoms with Crippen LogP contribution < -0.4 is 0 Å². The number of hydrogen-bond donors (Lipinski definition) is 1. The second-order valence-electron chi connectivity index (χ2n) is 2.92. The molecular weight excluding hydrogens is 259 g/mol. The summed E-state index contributed by atoms with van der Waals surface area (Å²) in [6, 6.07) is 0. The first-order valence-corrected chi connectivity index (χ1v) is 8.15. The standard InChI is InChI=1S/C9H15S.Sn.H/c1-3-4-6-10-7-5-9(2)8-10;;/h5,7-8,10H,1,3-4,6H2,2H3;;. The average molecular weight is 275 g/mol. The predicted molar refractivity (Wildman–Crippen MR) is 57.9 cm³/mol. The van der Waals surface area contributed by atoms with E-state index in [1.165, 1.54) is 51.1 Å². The molecule has 0 amide bonds. The molecule has 62 valence electrons. The molecule has 0 aromatic rings. The molecule has 0 aliphatic carbocycles. The molecule has 0 bridgehead atoms. The van der Waals surface area contributed by atoms with Gasteiger partial charge in [-0.1, -0.05) is 0 Å². The molecule has 0 aromatic carbocycles. The summed E-state index contributed by atoms with van der Waals surface area (Å²) in [7, 11) is 0.176. The van der Waals surface area contributed by atoms with Crippen molar-refractivity contribution in [2.45, 2.75) is 24.2 Å². The van der Waals surface area contributed by atoms with Crippen LogP contribution in [0, 0.1) is 0 Å². The van der Waals surface area contributed by atoms with E-state index in [0.29, 0.717) is 0 Å². The molecule has 0 spiro atoms. The molecule has 1 aliphatic rings. The SMILES string of the molecule is CC1=C[SH](CCC[CH2][SnH])C=C1. The molecule has 0 N–H and O–H groups in total. The summed E-state index contributed by atoms with van der Waals surface area (Å²) in [5.41, 5.74) is 1.47. The van der Waals surface area contributed by atoms with E-state index >= 15 is 0 Å². The molecular formula is C9H16SSn. The Morgan fingerprint density at radius 3 is 2.82 bits per heavy atom. The van der Waals surface area contributed by atoms with Gasteiger partial charge in [0.05, 0.1) is 0 Å². The maximum atomic E-state index is 2.45. The second-order valence-corrected chi connectivity index (χ2v) is 6.60. The van der Waals surface area contributed by atoms with Gasteiger partial charge in [-0.25, -0.2) is 0 Å². The summed E-state index contributed by atoms with van der Waals surface area (Å²) in [6.07, 6.45) is 5.18. The van der Waals surface area contributed by atoms with E-state index in [0.717, 1.165) is 0 Å². The Morgan fingerprint density at radius 1 is 1.45 bits per heavy atom. The summed E-state index contributed by atoms with van der Waals surface area (Å²) < 4.78 is 1.47. The van der Waals surface area contributed by atoms with E-state index < -0.39 is 0 Å². The van der Waals surface area contributed by atoms with Crippen LogP contribution in [0.15, 0.2) is 22.5 Å². The van der Waals surface area contributed by atoms with E-state index in [1.54, 1.807) is 0 Å². The number of rotatable bonds is 4. The van der Waals surface area contributed by atoms with Crippen LogP contribution in [0.5, 0.6) is 0 Å². The normalized spacial score (nSPS) is 25.6. The fourth-order valence-corrected chi connectivity index (χ4v) is 3.95. The fourth-order valence-electron chi connectivity index (χ4n) is 1.14. The van der Waals surface area contributed by atoms with Crippen LogP contribution in [-0.4, -0.2) is 28.3 Å². The Labute approximate surface area is 85.6 Å². The van der Waals surface area contributed by atoms with Crippen LogP contribution in [0.4, 0.5) is 0 Å². The van der Waals surface area contributed by atoms with Crippen LogP contribution in [0.3, 0.4) is 0 Å². The second kappa shape index (κ2) is 5.31. The fraction of sp³-hybridized carbons (Fsp3) is 0.556. The van der Waals surface area contributed by atoms with Crippen molar-refractivity contribution in [3.05, 3.63) is 22.5 Å². The first-order chi connectivity index (χ1) is 5.33. The van der Waals surface area contributed by atoms with Crippen molar-refractivity contribution in [3.63, 3.8) is 0 Å². The van der Waals surface area contributed by atoms with Gasteiger partial charge in [-0.15, -0.1) is 0 Å². The van der Waals surface area contributed by atoms with Gasteiger partial charge in [0.1, 0.15) is 0 Å². The third kappa shape index (κ3) is 3.70. The molecule has 1 atom stereocenters. The molecule has 0 fully saturated rings. The molecule has 1 aliphatic heterocycles. The van der Waals surface area contributed by atoms with Crippen molar-refractivity contribution < 1.29 is 0 Å². The molecule has 0 nitrogen and oxygen atoms in total. The van der Waals surface area contributed by atoms with Gasteiger partial charge >= 0.3 is 85.8 Å². The van der Waals surface area contributed by atoms with E-state index in [1.807, 2.05) is 0 Å². The van der Waals surface area contributed by atoms with Gasteiger partial charge in [-0.05, 0) is 0 Å². The van der Waals surface area contributed by atoms with Gasteiger partial charge in [0.2, 0.25) is 0 Å². The Balaban J connectivity index is 2.14. The zero-order valence-corrected chi connectivity index (χ0v) is 11.3. The van der Waals surface area contributed by atoms with E-state index in [-0.39, 0.29) is 10.9 Å². The van der Waals surface area contributed by atoms with E-state index in [9.17, 15) is 0 Å². The van der Waals surface area contributed by atoms with Crippen molar-refractivity contribution in [3.8, 4) is 0 Å². The monoisotopic (exact) mass is 276 g/mol. The van der Waals surface area contributed by atoms with Gasteiger partial charge in [0, 0.05) is 0 Å². The molecule has 0 saturated carbocycles. The van der Waals surface area contributed by atoms with Gasteiger partial charge in [-0.3, -0.25) is 0 Å². The Morgan fingerprint density at radius 2 is 2.27 bits per heavy atom. The number of unbranched alkanes of at least 4 members (excludes halogenated alkanes) is 1. The third-order valence-corrected chi connectivity index (χ3v) is 5.04. The molecule has 2 radical (unpaired) electrons. The molecule has 11 heavy (non-hydrogen) atoms. The van der Waals surface area contributed by atoms with Gasteiger partial charge < -0.3 is 0 Å². The zero-order chi connectivity index (χ0) is 8.10. The number of thiol groups is 1. The van der Waals surface area contributed by atoms with Crippen LogP contribution in [-0.2, 0) is 0 Å². The first kappa shape index (κ1) is 9.71. The van der Waals surface area contributed by atoms with E-state index in [4.69, 9.17) is 0 Å². The van der Waals surface area contributed by atoms with Crippen LogP contribution >= 0.6 is 10.9 Å². The van der Waals surface area contributed by atoms with Gasteiger partial charge in [-0.2, -0.15) is 0 Å². The van der Waals surface area contributed by atoms with Crippen molar-refractivity contribution in [1.29, 1.82) is 0 Å². The molecule has 1 rings (SSSR count). The summed E-state index contributed by atoms with van der Waals surface area (Å²) in [5.74, 6) is 1.43. The van der Waals surface area contributed by atoms with Crippen LogP contribution in [0.2, 0.25) is 4.44 Å². The van der Waals surface area contributed by atoms with Crippen molar-refractivity contribution in [2.75, 3.05) is 5.75 Å². The van der Waals surface area contributed by atoms with Crippen molar-refractivity contribution in [1.82, 2.24) is 0 Å². The molecule has 0 aromatic heterocycles. The minimum absolute atomic E-state index is 0.176. The van der Waals surface area contributed by atoms with Crippen LogP contribution in [0.25, 0.3) is 0 Å². The zero-order valence-electron chi connectivity index (χ0n) is 7.09. The third-order valence-electron chi connectivity index (χ3n) is 1.77. The van der Waals surface area contributed by atoms with E-state index in [2.05, 4.69) is 23.8 Å². The summed E-state index contributed by atoms with van der Waals surface area (Å²) in [6.45, 7) is 2.20. The number of hydrogen-bond acceptors (Lipinski definition) is 0. The minimum atomic E-state index is 0.176. The van der Waals surface area contributed by atoms with Crippen LogP contribution in [0.1, 0.15) is 19.8 Å². The van der Waals surface area contributed by atoms with Gasteiger partial charge in [0.15, 0.2) is 0 Å². The van der Waals surface area contributed by atoms with Gasteiger partial charge in [0.25, 0.3) is 0 Å². The van der Waals surface area contributed by atoms with Crippen molar-refractivity contribution in [2.24, 2.45) is 0 Å². The summed E-state index contributed by atoms with van der Waals surface area (Å²) >= 11 is 1.44. The summed E-state index contributed by atoms with van der Waals surface area (Å²) in [4.78, 5) is 0. The van der Waals surface area contributed by atoms with Crippen molar-refractivity contribution >= 4 is 33.4 Å². The quantitative estimate of drug-likeness (QED) is 0.455. The predicted octanol–water partition coefficient (Wildman–Crippen LogP) is 2.52.